The number of aromatic nitrogens is 2. The Morgan fingerprint density at radius 1 is 1.62 bits per heavy atom. The molecule has 0 aliphatic rings. The van der Waals surface area contributed by atoms with E-state index < -0.39 is 10.0 Å². The molecule has 1 rings (SSSR count). The molecule has 16 heavy (non-hydrogen) atoms. The summed E-state index contributed by atoms with van der Waals surface area (Å²) in [6.45, 7) is 2.25. The minimum Gasteiger partial charge on any atom is -0.396 e. The predicted octanol–water partition coefficient (Wildman–Crippen LogP) is -0.283. The minimum atomic E-state index is -3.49. The summed E-state index contributed by atoms with van der Waals surface area (Å²) in [4.78, 5) is 0. The van der Waals surface area contributed by atoms with E-state index in [1.54, 1.807) is 7.05 Å². The van der Waals surface area contributed by atoms with Gasteiger partial charge >= 0.3 is 0 Å². The Bertz CT molecular complexity index is 427. The second kappa shape index (κ2) is 5.42. The van der Waals surface area contributed by atoms with Gasteiger partial charge in [-0.1, -0.05) is 6.92 Å². The first-order valence-electron chi connectivity index (χ1n) is 5.06. The number of hydrogen-bond acceptors (Lipinski definition) is 4. The molecule has 6 nitrogen and oxygen atoms in total. The van der Waals surface area contributed by atoms with Gasteiger partial charge in [-0.3, -0.25) is 4.68 Å². The third-order valence-corrected chi connectivity index (χ3v) is 3.79. The van der Waals surface area contributed by atoms with E-state index in [0.29, 0.717) is 13.0 Å². The quantitative estimate of drug-likeness (QED) is 0.724. The van der Waals surface area contributed by atoms with Gasteiger partial charge in [0.15, 0.2) is 5.03 Å². The van der Waals surface area contributed by atoms with Crippen LogP contribution in [0.3, 0.4) is 0 Å². The molecule has 0 aromatic carbocycles. The fourth-order valence-electron chi connectivity index (χ4n) is 1.27. The standard InChI is InChI=1S/C9H17N3O3S/c1-8(4-6-13)7-11-16(14,15)9-3-5-10-12(9)2/h3,5,8,11,13H,4,6-7H2,1-2H3. The van der Waals surface area contributed by atoms with E-state index in [-0.39, 0.29) is 17.6 Å². The van der Waals surface area contributed by atoms with Crippen LogP contribution in [0.5, 0.6) is 0 Å². The maximum atomic E-state index is 11.8. The number of aliphatic hydroxyl groups is 1. The third kappa shape index (κ3) is 3.29. The molecule has 7 heteroatoms. The molecule has 0 aliphatic heterocycles. The van der Waals surface area contributed by atoms with Gasteiger partial charge < -0.3 is 5.11 Å². The number of rotatable bonds is 6. The van der Waals surface area contributed by atoms with Crippen LogP contribution < -0.4 is 4.72 Å². The highest BCUT2D eigenvalue weighted by Gasteiger charge is 2.18. The summed E-state index contributed by atoms with van der Waals surface area (Å²) < 4.78 is 27.4. The van der Waals surface area contributed by atoms with Crippen LogP contribution in [0.15, 0.2) is 17.3 Å². The molecular weight excluding hydrogens is 230 g/mol. The smallest absolute Gasteiger partial charge is 0.257 e. The van der Waals surface area contributed by atoms with Crippen LogP contribution in [-0.2, 0) is 17.1 Å². The Balaban J connectivity index is 2.63. The summed E-state index contributed by atoms with van der Waals surface area (Å²) in [5, 5.41) is 12.6. The van der Waals surface area contributed by atoms with E-state index in [4.69, 9.17) is 5.11 Å². The summed E-state index contributed by atoms with van der Waals surface area (Å²) in [6.07, 6.45) is 2.01. The van der Waals surface area contributed by atoms with Crippen molar-refractivity contribution in [3.63, 3.8) is 0 Å². The normalized spacial score (nSPS) is 13.9. The van der Waals surface area contributed by atoms with Crippen LogP contribution in [0.2, 0.25) is 0 Å². The van der Waals surface area contributed by atoms with E-state index >= 15 is 0 Å². The van der Waals surface area contributed by atoms with Gasteiger partial charge in [0, 0.05) is 20.2 Å². The van der Waals surface area contributed by atoms with Gasteiger partial charge in [0.25, 0.3) is 10.0 Å². The molecule has 2 N–H and O–H groups in total. The van der Waals surface area contributed by atoms with Crippen molar-refractivity contribution in [3.8, 4) is 0 Å². The fourth-order valence-corrected chi connectivity index (χ4v) is 2.56. The van der Waals surface area contributed by atoms with Crippen LogP contribution in [0, 0.1) is 5.92 Å². The van der Waals surface area contributed by atoms with Crippen molar-refractivity contribution in [2.24, 2.45) is 13.0 Å². The molecule has 0 bridgehead atoms. The molecule has 1 heterocycles. The molecule has 0 amide bonds. The number of nitrogens with zero attached hydrogens (tertiary/aromatic N) is 2. The average Bonchev–Trinajstić information content (AvgIpc) is 2.63. The summed E-state index contributed by atoms with van der Waals surface area (Å²) in [7, 11) is -1.92. The maximum Gasteiger partial charge on any atom is 0.257 e. The maximum absolute atomic E-state index is 11.8. The highest BCUT2D eigenvalue weighted by Crippen LogP contribution is 2.07. The zero-order valence-corrected chi connectivity index (χ0v) is 10.2. The van der Waals surface area contributed by atoms with Gasteiger partial charge in [-0.2, -0.15) is 5.10 Å². The van der Waals surface area contributed by atoms with E-state index in [9.17, 15) is 8.42 Å². The largest absolute Gasteiger partial charge is 0.396 e. The van der Waals surface area contributed by atoms with E-state index in [1.165, 1.54) is 16.9 Å². The van der Waals surface area contributed by atoms with Gasteiger partial charge in [0.1, 0.15) is 0 Å². The summed E-state index contributed by atoms with van der Waals surface area (Å²) in [5.74, 6) is 0.105. The van der Waals surface area contributed by atoms with Crippen molar-refractivity contribution in [2.45, 2.75) is 18.4 Å². The zero-order valence-electron chi connectivity index (χ0n) is 9.42. The predicted molar refractivity (Wildman–Crippen MR) is 59.3 cm³/mol. The molecule has 0 fully saturated rings. The van der Waals surface area contributed by atoms with Crippen molar-refractivity contribution in [2.75, 3.05) is 13.2 Å². The van der Waals surface area contributed by atoms with Gasteiger partial charge in [0.05, 0.1) is 6.20 Å². The van der Waals surface area contributed by atoms with E-state index in [0.717, 1.165) is 0 Å². The molecular formula is C9H17N3O3S. The molecule has 0 aliphatic carbocycles. The first-order valence-corrected chi connectivity index (χ1v) is 6.54. The molecule has 1 aromatic rings. The van der Waals surface area contributed by atoms with Gasteiger partial charge in [0.2, 0.25) is 0 Å². The van der Waals surface area contributed by atoms with Crippen LogP contribution >= 0.6 is 0 Å². The zero-order chi connectivity index (χ0) is 12.2. The third-order valence-electron chi connectivity index (χ3n) is 2.29. The summed E-state index contributed by atoms with van der Waals surface area (Å²) in [6, 6.07) is 1.44. The van der Waals surface area contributed by atoms with Crippen molar-refractivity contribution in [1.29, 1.82) is 0 Å². The SMILES string of the molecule is CC(CCO)CNS(=O)(=O)c1ccnn1C. The lowest BCUT2D eigenvalue weighted by atomic mass is 10.1. The first-order chi connectivity index (χ1) is 7.47. The second-order valence-electron chi connectivity index (χ2n) is 3.76. The Kier molecular flexibility index (Phi) is 4.45. The van der Waals surface area contributed by atoms with E-state index in [2.05, 4.69) is 9.82 Å². The Labute approximate surface area is 95.3 Å². The molecule has 92 valence electrons. The van der Waals surface area contributed by atoms with Gasteiger partial charge in [-0.05, 0) is 18.4 Å². The van der Waals surface area contributed by atoms with Crippen molar-refractivity contribution < 1.29 is 13.5 Å². The van der Waals surface area contributed by atoms with Crippen molar-refractivity contribution >= 4 is 10.0 Å². The second-order valence-corrected chi connectivity index (χ2v) is 5.48. The molecule has 0 saturated carbocycles. The summed E-state index contributed by atoms with van der Waals surface area (Å²) in [5.41, 5.74) is 0. The van der Waals surface area contributed by atoms with Gasteiger partial charge in [-0.15, -0.1) is 0 Å². The lowest BCUT2D eigenvalue weighted by Crippen LogP contribution is -2.30. The van der Waals surface area contributed by atoms with Crippen molar-refractivity contribution in [1.82, 2.24) is 14.5 Å². The van der Waals surface area contributed by atoms with Crippen LogP contribution in [0.4, 0.5) is 0 Å². The number of aryl methyl sites for hydroxylation is 1. The Morgan fingerprint density at radius 3 is 2.81 bits per heavy atom. The average molecular weight is 247 g/mol. The molecule has 0 spiro atoms. The molecule has 0 radical (unpaired) electrons. The Hall–Kier alpha value is -0.920. The van der Waals surface area contributed by atoms with Crippen molar-refractivity contribution in [3.05, 3.63) is 12.3 Å². The Morgan fingerprint density at radius 2 is 2.31 bits per heavy atom. The monoisotopic (exact) mass is 247 g/mol. The molecule has 1 atom stereocenters. The minimum absolute atomic E-state index is 0.0641. The topological polar surface area (TPSA) is 84.2 Å². The highest BCUT2D eigenvalue weighted by molar-refractivity contribution is 7.89. The summed E-state index contributed by atoms with van der Waals surface area (Å²) >= 11 is 0. The highest BCUT2D eigenvalue weighted by atomic mass is 32.2. The number of hydrogen-bond donors (Lipinski definition) is 2. The molecule has 1 aromatic heterocycles. The van der Waals surface area contributed by atoms with Crippen LogP contribution in [0.1, 0.15) is 13.3 Å². The van der Waals surface area contributed by atoms with Crippen LogP contribution in [-0.4, -0.2) is 36.5 Å². The molecule has 1 unspecified atom stereocenters. The fraction of sp³-hybridized carbons (Fsp3) is 0.667. The lowest BCUT2D eigenvalue weighted by molar-refractivity contribution is 0.263. The van der Waals surface area contributed by atoms with Crippen LogP contribution in [0.25, 0.3) is 0 Å². The first kappa shape index (κ1) is 13.1. The number of sulfonamides is 1. The number of nitrogens with one attached hydrogen (secondary N) is 1. The number of aliphatic hydroxyl groups excluding tert-OH is 1. The molecule has 0 saturated heterocycles. The van der Waals surface area contributed by atoms with Gasteiger partial charge in [-0.25, -0.2) is 13.1 Å². The van der Waals surface area contributed by atoms with E-state index in [1.807, 2.05) is 6.92 Å². The lowest BCUT2D eigenvalue weighted by Gasteiger charge is -2.11.